The van der Waals surface area contributed by atoms with Gasteiger partial charge in [0, 0.05) is 6.42 Å². The van der Waals surface area contributed by atoms with Crippen molar-refractivity contribution in [2.45, 2.75) is 52.0 Å². The van der Waals surface area contributed by atoms with Crippen LogP contribution in [0.4, 0.5) is 0 Å². The molecule has 2 rings (SSSR count). The second-order valence-corrected chi connectivity index (χ2v) is 4.70. The fraction of sp³-hybridized carbons (Fsp3) is 0.750. The van der Waals surface area contributed by atoms with Crippen LogP contribution in [0.1, 0.15) is 50.2 Å². The summed E-state index contributed by atoms with van der Waals surface area (Å²) in [6.07, 6.45) is 6.85. The summed E-state index contributed by atoms with van der Waals surface area (Å²) in [4.78, 5) is 15.6. The Bertz CT molecular complexity index is 370. The molecule has 0 aliphatic heterocycles. The van der Waals surface area contributed by atoms with Gasteiger partial charge in [-0.3, -0.25) is 4.79 Å². The van der Waals surface area contributed by atoms with Crippen LogP contribution >= 0.6 is 0 Å². The van der Waals surface area contributed by atoms with E-state index in [1.54, 1.807) is 6.92 Å². The van der Waals surface area contributed by atoms with Crippen molar-refractivity contribution in [3.05, 3.63) is 11.7 Å². The summed E-state index contributed by atoms with van der Waals surface area (Å²) >= 11 is 0. The van der Waals surface area contributed by atoms with Gasteiger partial charge in [-0.05, 0) is 19.3 Å². The first-order valence-electron chi connectivity index (χ1n) is 6.30. The molecule has 0 spiro atoms. The Morgan fingerprint density at radius 1 is 1.47 bits per heavy atom. The van der Waals surface area contributed by atoms with E-state index in [1.165, 1.54) is 25.7 Å². The Labute approximate surface area is 101 Å². The van der Waals surface area contributed by atoms with Crippen LogP contribution in [0, 0.1) is 12.8 Å². The summed E-state index contributed by atoms with van der Waals surface area (Å²) in [5, 5.41) is 6.47. The maximum absolute atomic E-state index is 11.6. The average Bonchev–Trinajstić information content (AvgIpc) is 2.95. The van der Waals surface area contributed by atoms with Crippen LogP contribution in [0.15, 0.2) is 4.52 Å². The number of hydrogen-bond acceptors (Lipinski definition) is 4. The van der Waals surface area contributed by atoms with Gasteiger partial charge < -0.3 is 9.84 Å². The van der Waals surface area contributed by atoms with E-state index >= 15 is 0 Å². The van der Waals surface area contributed by atoms with Gasteiger partial charge in [-0.1, -0.05) is 30.8 Å². The highest BCUT2D eigenvalue weighted by Gasteiger charge is 2.16. The molecule has 1 aromatic rings. The minimum absolute atomic E-state index is 0.0766. The molecule has 0 atom stereocenters. The number of aryl methyl sites for hydroxylation is 1. The van der Waals surface area contributed by atoms with Crippen LogP contribution in [0.2, 0.25) is 0 Å². The third-order valence-corrected chi connectivity index (χ3v) is 3.26. The minimum Gasteiger partial charge on any atom is -0.347 e. The third kappa shape index (κ3) is 3.84. The van der Waals surface area contributed by atoms with Gasteiger partial charge in [0.1, 0.15) is 0 Å². The lowest BCUT2D eigenvalue weighted by Crippen LogP contribution is -2.23. The summed E-state index contributed by atoms with van der Waals surface area (Å²) in [7, 11) is 0. The summed E-state index contributed by atoms with van der Waals surface area (Å²) in [5.74, 6) is 1.90. The lowest BCUT2D eigenvalue weighted by atomic mass is 10.0. The lowest BCUT2D eigenvalue weighted by molar-refractivity contribution is -0.121. The fourth-order valence-electron chi connectivity index (χ4n) is 2.31. The molecule has 1 amide bonds. The van der Waals surface area contributed by atoms with E-state index in [2.05, 4.69) is 15.5 Å². The first kappa shape index (κ1) is 12.1. The highest BCUT2D eigenvalue weighted by Crippen LogP contribution is 2.28. The minimum atomic E-state index is 0.0766. The SMILES string of the molecule is Cc1noc(CNC(=O)CCC2CCCC2)n1. The van der Waals surface area contributed by atoms with Gasteiger partial charge in [-0.15, -0.1) is 0 Å². The second-order valence-electron chi connectivity index (χ2n) is 4.70. The number of aromatic nitrogens is 2. The van der Waals surface area contributed by atoms with Crippen molar-refractivity contribution in [2.24, 2.45) is 5.92 Å². The zero-order valence-corrected chi connectivity index (χ0v) is 10.2. The van der Waals surface area contributed by atoms with E-state index in [9.17, 15) is 4.79 Å². The van der Waals surface area contributed by atoms with E-state index in [0.29, 0.717) is 24.7 Å². The largest absolute Gasteiger partial charge is 0.347 e. The average molecular weight is 237 g/mol. The predicted molar refractivity (Wildman–Crippen MR) is 62.1 cm³/mol. The molecule has 0 unspecified atom stereocenters. The van der Waals surface area contributed by atoms with Gasteiger partial charge in [0.15, 0.2) is 5.82 Å². The smallest absolute Gasteiger partial charge is 0.246 e. The zero-order chi connectivity index (χ0) is 12.1. The van der Waals surface area contributed by atoms with Gasteiger partial charge in [-0.25, -0.2) is 0 Å². The van der Waals surface area contributed by atoms with Crippen LogP contribution in [-0.2, 0) is 11.3 Å². The molecule has 1 heterocycles. The summed E-state index contributed by atoms with van der Waals surface area (Å²) in [6, 6.07) is 0. The van der Waals surface area contributed by atoms with E-state index in [0.717, 1.165) is 12.3 Å². The standard InChI is InChI=1S/C12H19N3O2/c1-9-14-12(17-15-9)8-13-11(16)7-6-10-4-2-3-5-10/h10H,2-8H2,1H3,(H,13,16). The van der Waals surface area contributed by atoms with Gasteiger partial charge in [0.2, 0.25) is 11.8 Å². The van der Waals surface area contributed by atoms with Crippen LogP contribution < -0.4 is 5.32 Å². The number of carbonyl (C=O) groups is 1. The van der Waals surface area contributed by atoms with Crippen LogP contribution in [-0.4, -0.2) is 16.0 Å². The van der Waals surface area contributed by atoms with E-state index < -0.39 is 0 Å². The number of nitrogens with zero attached hydrogens (tertiary/aromatic N) is 2. The molecule has 0 bridgehead atoms. The Balaban J connectivity index is 1.63. The summed E-state index contributed by atoms with van der Waals surface area (Å²) in [6.45, 7) is 2.10. The van der Waals surface area contributed by atoms with Crippen molar-refractivity contribution in [2.75, 3.05) is 0 Å². The molecule has 1 aliphatic rings. The first-order valence-corrected chi connectivity index (χ1v) is 6.30. The normalized spacial score (nSPS) is 16.3. The van der Waals surface area contributed by atoms with Gasteiger partial charge >= 0.3 is 0 Å². The van der Waals surface area contributed by atoms with Crippen molar-refractivity contribution < 1.29 is 9.32 Å². The molecule has 1 fully saturated rings. The summed E-state index contributed by atoms with van der Waals surface area (Å²) < 4.78 is 4.92. The maximum atomic E-state index is 11.6. The van der Waals surface area contributed by atoms with E-state index in [-0.39, 0.29) is 5.91 Å². The zero-order valence-electron chi connectivity index (χ0n) is 10.2. The molecule has 0 aromatic carbocycles. The lowest BCUT2D eigenvalue weighted by Gasteiger charge is -2.07. The molecule has 1 aliphatic carbocycles. The predicted octanol–water partition coefficient (Wildman–Crippen LogP) is 1.96. The van der Waals surface area contributed by atoms with Crippen LogP contribution in [0.25, 0.3) is 0 Å². The molecule has 0 saturated heterocycles. The van der Waals surface area contributed by atoms with Crippen molar-refractivity contribution in [3.63, 3.8) is 0 Å². The Morgan fingerprint density at radius 2 is 2.24 bits per heavy atom. The molecular weight excluding hydrogens is 218 g/mol. The molecule has 1 aromatic heterocycles. The molecule has 94 valence electrons. The van der Waals surface area contributed by atoms with Crippen molar-refractivity contribution in [3.8, 4) is 0 Å². The number of rotatable bonds is 5. The second kappa shape index (κ2) is 5.80. The third-order valence-electron chi connectivity index (χ3n) is 3.26. The van der Waals surface area contributed by atoms with Gasteiger partial charge in [0.05, 0.1) is 6.54 Å². The van der Waals surface area contributed by atoms with Crippen LogP contribution in [0.5, 0.6) is 0 Å². The van der Waals surface area contributed by atoms with Crippen molar-refractivity contribution in [1.82, 2.24) is 15.5 Å². The fourth-order valence-corrected chi connectivity index (χ4v) is 2.31. The molecular formula is C12H19N3O2. The molecule has 17 heavy (non-hydrogen) atoms. The number of hydrogen-bond donors (Lipinski definition) is 1. The molecule has 5 nitrogen and oxygen atoms in total. The highest BCUT2D eigenvalue weighted by molar-refractivity contribution is 5.75. The topological polar surface area (TPSA) is 68.0 Å². The first-order chi connectivity index (χ1) is 8.24. The van der Waals surface area contributed by atoms with Gasteiger partial charge in [-0.2, -0.15) is 4.98 Å². The monoisotopic (exact) mass is 237 g/mol. The Kier molecular flexibility index (Phi) is 4.12. The van der Waals surface area contributed by atoms with Crippen LogP contribution in [0.3, 0.4) is 0 Å². The van der Waals surface area contributed by atoms with Crippen molar-refractivity contribution in [1.29, 1.82) is 0 Å². The van der Waals surface area contributed by atoms with E-state index in [4.69, 9.17) is 4.52 Å². The molecule has 0 radical (unpaired) electrons. The quantitative estimate of drug-likeness (QED) is 0.850. The maximum Gasteiger partial charge on any atom is 0.246 e. The van der Waals surface area contributed by atoms with E-state index in [1.807, 2.05) is 0 Å². The number of amides is 1. The number of nitrogens with one attached hydrogen (secondary N) is 1. The Hall–Kier alpha value is -1.39. The Morgan fingerprint density at radius 3 is 2.88 bits per heavy atom. The molecule has 1 N–H and O–H groups in total. The molecule has 1 saturated carbocycles. The highest BCUT2D eigenvalue weighted by atomic mass is 16.5. The number of carbonyl (C=O) groups excluding carboxylic acids is 1. The summed E-state index contributed by atoms with van der Waals surface area (Å²) in [5.41, 5.74) is 0. The van der Waals surface area contributed by atoms with Crippen molar-refractivity contribution >= 4 is 5.91 Å². The van der Waals surface area contributed by atoms with Gasteiger partial charge in [0.25, 0.3) is 0 Å². The molecule has 5 heteroatoms.